The van der Waals surface area contributed by atoms with E-state index in [1.165, 1.54) is 11.3 Å². The molecule has 12 heavy (non-hydrogen) atoms. The molecule has 0 spiro atoms. The van der Waals surface area contributed by atoms with Gasteiger partial charge in [-0.05, 0) is 23.9 Å². The molecule has 1 rings (SSSR count). The molecule has 0 aliphatic heterocycles. The first-order chi connectivity index (χ1) is 5.75. The Morgan fingerprint density at radius 1 is 1.75 bits per heavy atom. The summed E-state index contributed by atoms with van der Waals surface area (Å²) in [6.45, 7) is 1.59. The Labute approximate surface area is 81.5 Å². The second-order valence-corrected chi connectivity index (χ2v) is 3.63. The van der Waals surface area contributed by atoms with Crippen molar-refractivity contribution in [1.29, 1.82) is 0 Å². The molecule has 1 aromatic heterocycles. The van der Waals surface area contributed by atoms with Crippen LogP contribution in [0.5, 0.6) is 0 Å². The zero-order valence-corrected chi connectivity index (χ0v) is 8.49. The van der Waals surface area contributed by atoms with E-state index >= 15 is 0 Å². The molecule has 0 saturated heterocycles. The van der Waals surface area contributed by atoms with E-state index in [0.29, 0.717) is 5.75 Å². The summed E-state index contributed by atoms with van der Waals surface area (Å²) in [5.74, 6) is 0.830. The quantitative estimate of drug-likeness (QED) is 0.584. The number of thiophene rings is 1. The highest BCUT2D eigenvalue weighted by molar-refractivity contribution is 7.80. The molecule has 1 heterocycles. The van der Waals surface area contributed by atoms with Gasteiger partial charge in [0, 0.05) is 5.75 Å². The molecule has 0 aliphatic rings. The van der Waals surface area contributed by atoms with Crippen molar-refractivity contribution in [3.05, 3.63) is 28.0 Å². The van der Waals surface area contributed by atoms with Gasteiger partial charge in [0.1, 0.15) is 0 Å². The van der Waals surface area contributed by atoms with Crippen LogP contribution in [0.4, 0.5) is 0 Å². The Kier molecular flexibility index (Phi) is 3.56. The first-order valence-electron chi connectivity index (χ1n) is 3.61. The molecule has 0 aromatic carbocycles. The van der Waals surface area contributed by atoms with E-state index in [2.05, 4.69) is 12.6 Å². The Bertz CT molecular complexity index is 299. The number of rotatable bonds is 3. The lowest BCUT2D eigenvalue weighted by Crippen LogP contribution is -1.88. The third kappa shape index (κ3) is 2.22. The fourth-order valence-corrected chi connectivity index (χ4v) is 1.81. The SMILES string of the molecule is CC(=O)c1sccc1C=CCS. The van der Waals surface area contributed by atoms with Crippen molar-refractivity contribution >= 4 is 35.8 Å². The van der Waals surface area contributed by atoms with Crippen molar-refractivity contribution in [3.63, 3.8) is 0 Å². The minimum Gasteiger partial charge on any atom is -0.294 e. The summed E-state index contributed by atoms with van der Waals surface area (Å²) in [5.41, 5.74) is 1.00. The fraction of sp³-hybridized carbons (Fsp3) is 0.222. The summed E-state index contributed by atoms with van der Waals surface area (Å²) >= 11 is 5.53. The van der Waals surface area contributed by atoms with Crippen molar-refractivity contribution < 1.29 is 4.79 Å². The number of hydrogen-bond donors (Lipinski definition) is 1. The van der Waals surface area contributed by atoms with Crippen LogP contribution in [0, 0.1) is 0 Å². The summed E-state index contributed by atoms with van der Waals surface area (Å²) in [7, 11) is 0. The second kappa shape index (κ2) is 4.48. The van der Waals surface area contributed by atoms with Gasteiger partial charge >= 0.3 is 0 Å². The molecule has 0 bridgehead atoms. The first kappa shape index (κ1) is 9.55. The molecule has 0 fully saturated rings. The van der Waals surface area contributed by atoms with E-state index in [4.69, 9.17) is 0 Å². The van der Waals surface area contributed by atoms with E-state index in [1.807, 2.05) is 23.6 Å². The Morgan fingerprint density at radius 3 is 3.08 bits per heavy atom. The van der Waals surface area contributed by atoms with Crippen LogP contribution in [0.1, 0.15) is 22.2 Å². The van der Waals surface area contributed by atoms with Crippen molar-refractivity contribution in [3.8, 4) is 0 Å². The standard InChI is InChI=1S/C9H10OS2/c1-7(10)9-8(3-2-5-11)4-6-12-9/h2-4,6,11H,5H2,1H3. The normalized spacial score (nSPS) is 10.8. The maximum atomic E-state index is 11.0. The van der Waals surface area contributed by atoms with Crippen LogP contribution >= 0.6 is 24.0 Å². The van der Waals surface area contributed by atoms with Gasteiger partial charge in [0.15, 0.2) is 5.78 Å². The third-order valence-corrected chi connectivity index (χ3v) is 2.66. The molecule has 1 nitrogen and oxygen atoms in total. The van der Waals surface area contributed by atoms with Crippen LogP contribution in [-0.2, 0) is 0 Å². The van der Waals surface area contributed by atoms with Crippen molar-refractivity contribution in [2.24, 2.45) is 0 Å². The minimum absolute atomic E-state index is 0.129. The maximum Gasteiger partial charge on any atom is 0.170 e. The van der Waals surface area contributed by atoms with Crippen LogP contribution in [0.3, 0.4) is 0 Å². The summed E-state index contributed by atoms with van der Waals surface area (Å²) in [4.78, 5) is 11.9. The van der Waals surface area contributed by atoms with Crippen LogP contribution in [0.25, 0.3) is 6.08 Å². The van der Waals surface area contributed by atoms with Crippen LogP contribution < -0.4 is 0 Å². The van der Waals surface area contributed by atoms with Gasteiger partial charge < -0.3 is 0 Å². The summed E-state index contributed by atoms with van der Waals surface area (Å²) in [5, 5.41) is 1.93. The minimum atomic E-state index is 0.129. The highest BCUT2D eigenvalue weighted by Crippen LogP contribution is 2.18. The Morgan fingerprint density at radius 2 is 2.50 bits per heavy atom. The molecule has 0 N–H and O–H groups in total. The molecule has 0 radical (unpaired) electrons. The molecule has 64 valence electrons. The van der Waals surface area contributed by atoms with E-state index in [-0.39, 0.29) is 5.78 Å². The maximum absolute atomic E-state index is 11.0. The number of carbonyl (C=O) groups excluding carboxylic acids is 1. The van der Waals surface area contributed by atoms with Gasteiger partial charge in [-0.15, -0.1) is 11.3 Å². The van der Waals surface area contributed by atoms with E-state index < -0.39 is 0 Å². The lowest BCUT2D eigenvalue weighted by atomic mass is 10.2. The van der Waals surface area contributed by atoms with E-state index in [9.17, 15) is 4.79 Å². The topological polar surface area (TPSA) is 17.1 Å². The smallest absolute Gasteiger partial charge is 0.170 e. The highest BCUT2D eigenvalue weighted by atomic mass is 32.1. The van der Waals surface area contributed by atoms with Gasteiger partial charge in [-0.1, -0.05) is 12.2 Å². The van der Waals surface area contributed by atoms with Gasteiger partial charge in [0.2, 0.25) is 0 Å². The molecule has 0 saturated carbocycles. The molecule has 0 atom stereocenters. The van der Waals surface area contributed by atoms with Gasteiger partial charge in [0.25, 0.3) is 0 Å². The number of Topliss-reactive ketones (excluding diaryl/α,β-unsaturated/α-hetero) is 1. The molecule has 0 unspecified atom stereocenters. The van der Waals surface area contributed by atoms with Crippen LogP contribution in [-0.4, -0.2) is 11.5 Å². The van der Waals surface area contributed by atoms with Gasteiger partial charge in [-0.25, -0.2) is 0 Å². The van der Waals surface area contributed by atoms with Crippen molar-refractivity contribution in [2.75, 3.05) is 5.75 Å². The average Bonchev–Trinajstić information content (AvgIpc) is 2.48. The van der Waals surface area contributed by atoms with Crippen LogP contribution in [0.15, 0.2) is 17.5 Å². The predicted octanol–water partition coefficient (Wildman–Crippen LogP) is 2.89. The highest BCUT2D eigenvalue weighted by Gasteiger charge is 2.04. The second-order valence-electron chi connectivity index (χ2n) is 2.35. The number of carbonyl (C=O) groups is 1. The predicted molar refractivity (Wildman–Crippen MR) is 57.2 cm³/mol. The lowest BCUT2D eigenvalue weighted by molar-refractivity contribution is 0.102. The monoisotopic (exact) mass is 198 g/mol. The largest absolute Gasteiger partial charge is 0.294 e. The fourth-order valence-electron chi connectivity index (χ4n) is 0.916. The van der Waals surface area contributed by atoms with E-state index in [1.54, 1.807) is 6.92 Å². The Hall–Kier alpha value is -0.540. The molecule has 1 aromatic rings. The molecule has 3 heteroatoms. The first-order valence-corrected chi connectivity index (χ1v) is 5.12. The molecule has 0 amide bonds. The average molecular weight is 198 g/mol. The lowest BCUT2D eigenvalue weighted by Gasteiger charge is -1.91. The summed E-state index contributed by atoms with van der Waals surface area (Å²) in [6, 6.07) is 1.95. The van der Waals surface area contributed by atoms with Crippen molar-refractivity contribution in [1.82, 2.24) is 0 Å². The van der Waals surface area contributed by atoms with Gasteiger partial charge in [-0.3, -0.25) is 4.79 Å². The van der Waals surface area contributed by atoms with E-state index in [0.717, 1.165) is 10.4 Å². The zero-order chi connectivity index (χ0) is 8.97. The molecule has 0 aliphatic carbocycles. The summed E-state index contributed by atoms with van der Waals surface area (Å²) in [6.07, 6.45) is 3.86. The number of ketones is 1. The number of thiol groups is 1. The van der Waals surface area contributed by atoms with Gasteiger partial charge in [0.05, 0.1) is 4.88 Å². The molecular formula is C9H10OS2. The zero-order valence-electron chi connectivity index (χ0n) is 6.78. The van der Waals surface area contributed by atoms with Gasteiger partial charge in [-0.2, -0.15) is 12.6 Å². The van der Waals surface area contributed by atoms with Crippen molar-refractivity contribution in [2.45, 2.75) is 6.92 Å². The summed E-state index contributed by atoms with van der Waals surface area (Å²) < 4.78 is 0. The number of hydrogen-bond acceptors (Lipinski definition) is 3. The Balaban J connectivity index is 2.91. The van der Waals surface area contributed by atoms with Crippen LogP contribution in [0.2, 0.25) is 0 Å². The molecular weight excluding hydrogens is 188 g/mol. The third-order valence-electron chi connectivity index (χ3n) is 1.42.